The summed E-state index contributed by atoms with van der Waals surface area (Å²) in [5.41, 5.74) is 2.26. The smallest absolute Gasteiger partial charge is 0.144 e. The molecule has 0 aliphatic carbocycles. The molecule has 3 nitrogen and oxygen atoms in total. The van der Waals surface area contributed by atoms with Gasteiger partial charge in [-0.3, -0.25) is 0 Å². The molecule has 3 heteroatoms. The first kappa shape index (κ1) is 23.4. The zero-order valence-electron chi connectivity index (χ0n) is 18.6. The van der Waals surface area contributed by atoms with Gasteiger partial charge in [0.15, 0.2) is 0 Å². The Balaban J connectivity index is 2.07. The summed E-state index contributed by atoms with van der Waals surface area (Å²) < 4.78 is 7.01. The molecule has 0 heterocycles. The molecule has 0 amide bonds. The van der Waals surface area contributed by atoms with Crippen LogP contribution >= 0.6 is 0 Å². The zero-order valence-corrected chi connectivity index (χ0v) is 18.6. The minimum absolute atomic E-state index is 0.197. The van der Waals surface area contributed by atoms with Crippen molar-refractivity contribution >= 4 is 11.7 Å². The fourth-order valence-corrected chi connectivity index (χ4v) is 4.12. The van der Waals surface area contributed by atoms with Gasteiger partial charge < -0.3 is 9.53 Å². The molecule has 0 bridgehead atoms. The van der Waals surface area contributed by atoms with Gasteiger partial charge in [-0.15, -0.1) is 0 Å². The lowest BCUT2D eigenvalue weighted by Crippen LogP contribution is -2.37. The highest BCUT2D eigenvalue weighted by Crippen LogP contribution is 2.42. The van der Waals surface area contributed by atoms with Crippen molar-refractivity contribution in [2.45, 2.75) is 50.7 Å². The van der Waals surface area contributed by atoms with Crippen LogP contribution in [0.5, 0.6) is 0 Å². The van der Waals surface area contributed by atoms with Crippen LogP contribution in [-0.4, -0.2) is 17.8 Å². The van der Waals surface area contributed by atoms with Crippen molar-refractivity contribution in [3.8, 4) is 0 Å². The molecule has 1 unspecified atom stereocenters. The van der Waals surface area contributed by atoms with Crippen LogP contribution in [0, 0.1) is 0 Å². The van der Waals surface area contributed by atoms with Gasteiger partial charge in [0, 0.05) is 18.9 Å². The van der Waals surface area contributed by atoms with E-state index >= 15 is 0 Å². The van der Waals surface area contributed by atoms with Crippen molar-refractivity contribution in [1.29, 1.82) is 0 Å². The number of ether oxygens (including phenoxy) is 1. The lowest BCUT2D eigenvalue weighted by Gasteiger charge is -2.39. The van der Waals surface area contributed by atoms with E-state index in [2.05, 4.69) is 36.4 Å². The monoisotopic (exact) mass is 426 g/mol. The van der Waals surface area contributed by atoms with Gasteiger partial charge in [0.25, 0.3) is 0 Å². The van der Waals surface area contributed by atoms with Crippen molar-refractivity contribution in [2.24, 2.45) is 0 Å². The number of carbonyl (C=O) groups is 1. The van der Waals surface area contributed by atoms with Crippen LogP contribution < -0.4 is 0 Å². The van der Waals surface area contributed by atoms with Crippen LogP contribution in [-0.2, 0) is 19.9 Å². The van der Waals surface area contributed by atoms with Gasteiger partial charge in [-0.25, -0.2) is 4.79 Å². The minimum Gasteiger partial charge on any atom is -0.357 e. The summed E-state index contributed by atoms with van der Waals surface area (Å²) in [5, 5.41) is 0. The summed E-state index contributed by atoms with van der Waals surface area (Å²) in [4.78, 5) is 22.4. The minimum atomic E-state index is -0.828. The Morgan fingerprint density at radius 1 is 0.844 bits per heavy atom. The second kappa shape index (κ2) is 12.0. The Kier molecular flexibility index (Phi) is 8.74. The highest BCUT2D eigenvalue weighted by Gasteiger charge is 2.39. The molecule has 0 radical (unpaired) electrons. The van der Waals surface area contributed by atoms with E-state index in [0.29, 0.717) is 12.8 Å². The van der Waals surface area contributed by atoms with Crippen LogP contribution in [0.4, 0.5) is 0 Å². The van der Waals surface area contributed by atoms with Crippen LogP contribution in [0.3, 0.4) is 0 Å². The molecule has 0 N–H and O–H groups in total. The van der Waals surface area contributed by atoms with Crippen molar-refractivity contribution in [2.75, 3.05) is 0 Å². The summed E-state index contributed by atoms with van der Waals surface area (Å²) in [5.74, 6) is 2.10. The molecule has 0 aromatic heterocycles. The average molecular weight is 427 g/mol. The SMILES string of the molecule is CC(=O)CCCCC(CC=C=O)OC(c1ccccc1)(c1ccccc1)c1ccccc1. The van der Waals surface area contributed by atoms with E-state index in [9.17, 15) is 9.59 Å². The molecule has 0 aliphatic heterocycles. The summed E-state index contributed by atoms with van der Waals surface area (Å²) in [7, 11) is 0. The van der Waals surface area contributed by atoms with E-state index < -0.39 is 5.60 Å². The highest BCUT2D eigenvalue weighted by atomic mass is 16.5. The molecule has 0 saturated carbocycles. The first-order chi connectivity index (χ1) is 15.7. The number of carbonyl (C=O) groups excluding carboxylic acids is 2. The number of Topliss-reactive ketones (excluding diaryl/α,β-unsaturated/α-hetero) is 1. The number of ketones is 1. The van der Waals surface area contributed by atoms with E-state index in [4.69, 9.17) is 4.74 Å². The third-order valence-electron chi connectivity index (χ3n) is 5.65. The zero-order chi connectivity index (χ0) is 22.7. The largest absolute Gasteiger partial charge is 0.357 e. The van der Waals surface area contributed by atoms with Gasteiger partial charge in [0.05, 0.1) is 6.10 Å². The third-order valence-corrected chi connectivity index (χ3v) is 5.65. The molecular formula is C29H30O3. The third kappa shape index (κ3) is 5.91. The van der Waals surface area contributed by atoms with Crippen molar-refractivity contribution in [1.82, 2.24) is 0 Å². The normalized spacial score (nSPS) is 12.0. The Labute approximate surface area is 190 Å². The maximum absolute atomic E-state index is 11.4. The Bertz CT molecular complexity index is 909. The van der Waals surface area contributed by atoms with Gasteiger partial charge >= 0.3 is 0 Å². The predicted molar refractivity (Wildman–Crippen MR) is 128 cm³/mol. The number of hydrogen-bond donors (Lipinski definition) is 0. The van der Waals surface area contributed by atoms with Crippen molar-refractivity contribution in [3.05, 3.63) is 114 Å². The first-order valence-electron chi connectivity index (χ1n) is 11.2. The van der Waals surface area contributed by atoms with Gasteiger partial charge in [-0.2, -0.15) is 0 Å². The second-order valence-electron chi connectivity index (χ2n) is 8.02. The molecule has 0 spiro atoms. The topological polar surface area (TPSA) is 43.4 Å². The number of hydrogen-bond acceptors (Lipinski definition) is 3. The number of benzene rings is 3. The fourth-order valence-electron chi connectivity index (χ4n) is 4.12. The Morgan fingerprint density at radius 3 is 1.72 bits per heavy atom. The quantitative estimate of drug-likeness (QED) is 0.194. The molecule has 3 rings (SSSR count). The molecule has 1 atom stereocenters. The Hall–Kier alpha value is -3.26. The maximum atomic E-state index is 11.4. The summed E-state index contributed by atoms with van der Waals surface area (Å²) >= 11 is 0. The molecule has 3 aromatic carbocycles. The van der Waals surface area contributed by atoms with E-state index in [1.165, 1.54) is 6.08 Å². The number of unbranched alkanes of at least 4 members (excludes halogenated alkanes) is 1. The molecule has 0 saturated heterocycles. The average Bonchev–Trinajstić information content (AvgIpc) is 2.84. The van der Waals surface area contributed by atoms with Crippen molar-refractivity contribution < 1.29 is 14.3 Å². The number of rotatable bonds is 12. The van der Waals surface area contributed by atoms with E-state index in [1.54, 1.807) is 6.92 Å². The van der Waals surface area contributed by atoms with Gasteiger partial charge in [-0.1, -0.05) is 97.4 Å². The molecule has 164 valence electrons. The molecule has 0 fully saturated rings. The van der Waals surface area contributed by atoms with Crippen LogP contribution in [0.1, 0.15) is 55.7 Å². The van der Waals surface area contributed by atoms with Gasteiger partial charge in [0.2, 0.25) is 0 Å². The van der Waals surface area contributed by atoms with Gasteiger partial charge in [-0.05, 0) is 36.5 Å². The van der Waals surface area contributed by atoms with Crippen LogP contribution in [0.15, 0.2) is 97.1 Å². The second-order valence-corrected chi connectivity index (χ2v) is 8.02. The fraction of sp³-hybridized carbons (Fsp3) is 0.276. The Morgan fingerprint density at radius 2 is 1.31 bits per heavy atom. The molecular weight excluding hydrogens is 396 g/mol. The molecule has 0 aliphatic rings. The summed E-state index contributed by atoms with van der Waals surface area (Å²) in [6.07, 6.45) is 4.75. The van der Waals surface area contributed by atoms with E-state index in [0.717, 1.165) is 36.0 Å². The van der Waals surface area contributed by atoms with E-state index in [1.807, 2.05) is 60.5 Å². The predicted octanol–water partition coefficient (Wildman–Crippen LogP) is 6.29. The lowest BCUT2D eigenvalue weighted by molar-refractivity contribution is -0.117. The highest BCUT2D eigenvalue weighted by molar-refractivity contribution is 5.75. The molecule has 3 aromatic rings. The van der Waals surface area contributed by atoms with Crippen molar-refractivity contribution in [3.63, 3.8) is 0 Å². The summed E-state index contributed by atoms with van der Waals surface area (Å²) in [6, 6.07) is 30.6. The first-order valence-corrected chi connectivity index (χ1v) is 11.2. The van der Waals surface area contributed by atoms with Crippen LogP contribution in [0.25, 0.3) is 0 Å². The molecule has 32 heavy (non-hydrogen) atoms. The maximum Gasteiger partial charge on any atom is 0.144 e. The van der Waals surface area contributed by atoms with Crippen LogP contribution in [0.2, 0.25) is 0 Å². The lowest BCUT2D eigenvalue weighted by atomic mass is 9.79. The standard InChI is InChI=1S/C29H30O3/c1-24(31)14-11-12-21-28(22-13-23-30)32-29(25-15-5-2-6-16-25,26-17-7-3-8-18-26)27-19-9-4-10-20-27/h2-10,13,15-20,28H,11-12,14,21-22H2,1H3. The summed E-state index contributed by atoms with van der Waals surface area (Å²) in [6.45, 7) is 1.62. The van der Waals surface area contributed by atoms with E-state index in [-0.39, 0.29) is 11.9 Å². The van der Waals surface area contributed by atoms with Gasteiger partial charge in [0.1, 0.15) is 17.3 Å².